The van der Waals surface area contributed by atoms with Crippen molar-refractivity contribution >= 4 is 0 Å². The van der Waals surface area contributed by atoms with Crippen molar-refractivity contribution < 1.29 is 18.6 Å². The predicted molar refractivity (Wildman–Crippen MR) is 30.2 cm³/mol. The second kappa shape index (κ2) is 2.65. The molecule has 4 nitrogen and oxygen atoms in total. The highest BCUT2D eigenvalue weighted by molar-refractivity contribution is 5.19. The second-order valence-corrected chi connectivity index (χ2v) is 1.66. The minimum atomic E-state index is -1.46. The molecular weight excluding hydrogens is 158 g/mol. The number of aromatic hydroxyl groups is 1. The van der Waals surface area contributed by atoms with Crippen molar-refractivity contribution in [3.63, 3.8) is 0 Å². The Bertz CT molecular complexity index is 279. The molecule has 1 N–H and O–H groups in total. The SMILES string of the molecule is COc1nnc(O)c(F)c1F. The Balaban J connectivity index is 3.25. The van der Waals surface area contributed by atoms with Gasteiger partial charge >= 0.3 is 0 Å². The van der Waals surface area contributed by atoms with Gasteiger partial charge in [0.1, 0.15) is 0 Å². The number of hydrogen-bond donors (Lipinski definition) is 1. The number of ether oxygens (including phenoxy) is 1. The number of halogens is 2. The Hall–Kier alpha value is -1.46. The standard InChI is InChI=1S/C5H4F2N2O2/c1-11-5-3(7)2(6)4(10)8-9-5/h1H3,(H,8,10). The molecule has 0 bridgehead atoms. The van der Waals surface area contributed by atoms with Crippen molar-refractivity contribution in [2.24, 2.45) is 0 Å². The van der Waals surface area contributed by atoms with Crippen molar-refractivity contribution in [2.45, 2.75) is 0 Å². The summed E-state index contributed by atoms with van der Waals surface area (Å²) in [5.41, 5.74) is 0. The van der Waals surface area contributed by atoms with E-state index in [4.69, 9.17) is 5.11 Å². The Kier molecular flexibility index (Phi) is 1.84. The van der Waals surface area contributed by atoms with E-state index < -0.39 is 23.4 Å². The van der Waals surface area contributed by atoms with Gasteiger partial charge in [-0.05, 0) is 0 Å². The Morgan fingerprint density at radius 1 is 1.27 bits per heavy atom. The molecule has 1 rings (SSSR count). The molecule has 0 unspecified atom stereocenters. The lowest BCUT2D eigenvalue weighted by Gasteiger charge is -1.99. The van der Waals surface area contributed by atoms with Crippen LogP contribution in [-0.4, -0.2) is 22.4 Å². The molecular formula is C5H4F2N2O2. The fourth-order valence-corrected chi connectivity index (χ4v) is 0.503. The van der Waals surface area contributed by atoms with E-state index in [-0.39, 0.29) is 0 Å². The molecule has 0 spiro atoms. The fraction of sp³-hybridized carbons (Fsp3) is 0.200. The maximum Gasteiger partial charge on any atom is 0.273 e. The first-order valence-electron chi connectivity index (χ1n) is 2.61. The van der Waals surface area contributed by atoms with Gasteiger partial charge in [-0.3, -0.25) is 0 Å². The third-order valence-corrected chi connectivity index (χ3v) is 1.01. The van der Waals surface area contributed by atoms with Gasteiger partial charge in [-0.15, -0.1) is 10.2 Å². The molecule has 0 aliphatic carbocycles. The van der Waals surface area contributed by atoms with E-state index in [2.05, 4.69) is 14.9 Å². The third-order valence-electron chi connectivity index (χ3n) is 1.01. The van der Waals surface area contributed by atoms with Crippen LogP contribution in [0.5, 0.6) is 11.8 Å². The quantitative estimate of drug-likeness (QED) is 0.652. The van der Waals surface area contributed by atoms with E-state index in [0.717, 1.165) is 7.11 Å². The highest BCUT2D eigenvalue weighted by Gasteiger charge is 2.15. The highest BCUT2D eigenvalue weighted by Crippen LogP contribution is 2.20. The lowest BCUT2D eigenvalue weighted by molar-refractivity contribution is 0.321. The number of methoxy groups -OCH3 is 1. The summed E-state index contributed by atoms with van der Waals surface area (Å²) in [5, 5.41) is 14.4. The van der Waals surface area contributed by atoms with Gasteiger partial charge in [0.15, 0.2) is 0 Å². The summed E-state index contributed by atoms with van der Waals surface area (Å²) in [4.78, 5) is 0. The number of aromatic nitrogens is 2. The van der Waals surface area contributed by atoms with Gasteiger partial charge in [-0.1, -0.05) is 0 Å². The van der Waals surface area contributed by atoms with Crippen LogP contribution in [0.15, 0.2) is 0 Å². The number of hydrogen-bond acceptors (Lipinski definition) is 4. The first-order valence-corrected chi connectivity index (χ1v) is 2.61. The minimum absolute atomic E-state index is 0.583. The van der Waals surface area contributed by atoms with Crippen LogP contribution < -0.4 is 4.74 Å². The van der Waals surface area contributed by atoms with E-state index in [0.29, 0.717) is 0 Å². The summed E-state index contributed by atoms with van der Waals surface area (Å²) in [6.45, 7) is 0. The normalized spacial score (nSPS) is 9.73. The van der Waals surface area contributed by atoms with Crippen molar-refractivity contribution in [3.8, 4) is 11.8 Å². The first kappa shape index (κ1) is 7.64. The molecule has 6 heteroatoms. The molecule has 1 aromatic rings. The van der Waals surface area contributed by atoms with Crippen LogP contribution in [0.3, 0.4) is 0 Å². The molecule has 0 aliphatic heterocycles. The predicted octanol–water partition coefficient (Wildman–Crippen LogP) is 0.469. The molecule has 0 radical (unpaired) electrons. The fourth-order valence-electron chi connectivity index (χ4n) is 0.503. The summed E-state index contributed by atoms with van der Waals surface area (Å²) in [6, 6.07) is 0. The average Bonchev–Trinajstić information content (AvgIpc) is 2.01. The molecule has 1 heterocycles. The van der Waals surface area contributed by atoms with Crippen LogP contribution in [0, 0.1) is 11.6 Å². The second-order valence-electron chi connectivity index (χ2n) is 1.66. The zero-order valence-electron chi connectivity index (χ0n) is 5.51. The maximum atomic E-state index is 12.5. The van der Waals surface area contributed by atoms with Crippen LogP contribution in [0.1, 0.15) is 0 Å². The summed E-state index contributed by atoms with van der Waals surface area (Å²) >= 11 is 0. The third kappa shape index (κ3) is 1.19. The lowest BCUT2D eigenvalue weighted by atomic mass is 10.5. The highest BCUT2D eigenvalue weighted by atomic mass is 19.2. The molecule has 0 saturated carbocycles. The number of rotatable bonds is 1. The minimum Gasteiger partial charge on any atom is -0.490 e. The van der Waals surface area contributed by atoms with Crippen molar-refractivity contribution in [1.29, 1.82) is 0 Å². The number of nitrogens with zero attached hydrogens (tertiary/aromatic N) is 2. The van der Waals surface area contributed by atoms with Gasteiger partial charge in [0.05, 0.1) is 7.11 Å². The van der Waals surface area contributed by atoms with E-state index in [1.807, 2.05) is 0 Å². The Labute approximate surface area is 60.4 Å². The van der Waals surface area contributed by atoms with Crippen molar-refractivity contribution in [3.05, 3.63) is 11.6 Å². The molecule has 0 saturated heterocycles. The summed E-state index contributed by atoms with van der Waals surface area (Å²) in [7, 11) is 1.11. The first-order chi connectivity index (χ1) is 5.16. The molecule has 1 aromatic heterocycles. The van der Waals surface area contributed by atoms with Gasteiger partial charge in [0, 0.05) is 0 Å². The van der Waals surface area contributed by atoms with Crippen LogP contribution in [-0.2, 0) is 0 Å². The van der Waals surface area contributed by atoms with Gasteiger partial charge in [-0.2, -0.15) is 8.78 Å². The van der Waals surface area contributed by atoms with Crippen LogP contribution in [0.4, 0.5) is 8.78 Å². The molecule has 0 aromatic carbocycles. The lowest BCUT2D eigenvalue weighted by Crippen LogP contribution is -1.98. The topological polar surface area (TPSA) is 55.2 Å². The van der Waals surface area contributed by atoms with Crippen LogP contribution >= 0.6 is 0 Å². The Morgan fingerprint density at radius 2 is 1.91 bits per heavy atom. The summed E-state index contributed by atoms with van der Waals surface area (Å²) in [6.07, 6.45) is 0. The van der Waals surface area contributed by atoms with E-state index in [9.17, 15) is 8.78 Å². The van der Waals surface area contributed by atoms with Gasteiger partial charge in [-0.25, -0.2) is 0 Å². The van der Waals surface area contributed by atoms with Gasteiger partial charge < -0.3 is 9.84 Å². The molecule has 0 atom stereocenters. The average molecular weight is 162 g/mol. The Morgan fingerprint density at radius 3 is 2.45 bits per heavy atom. The zero-order valence-corrected chi connectivity index (χ0v) is 5.51. The smallest absolute Gasteiger partial charge is 0.273 e. The molecule has 0 aliphatic rings. The van der Waals surface area contributed by atoms with E-state index in [1.54, 1.807) is 0 Å². The molecule has 0 fully saturated rings. The molecule has 0 amide bonds. The largest absolute Gasteiger partial charge is 0.490 e. The van der Waals surface area contributed by atoms with Gasteiger partial charge in [0.2, 0.25) is 11.6 Å². The zero-order chi connectivity index (χ0) is 8.43. The summed E-state index contributed by atoms with van der Waals surface area (Å²) in [5.74, 6) is -4.47. The monoisotopic (exact) mass is 162 g/mol. The van der Waals surface area contributed by atoms with E-state index in [1.165, 1.54) is 0 Å². The van der Waals surface area contributed by atoms with Crippen molar-refractivity contribution in [1.82, 2.24) is 10.2 Å². The van der Waals surface area contributed by atoms with E-state index >= 15 is 0 Å². The van der Waals surface area contributed by atoms with Crippen molar-refractivity contribution in [2.75, 3.05) is 7.11 Å². The van der Waals surface area contributed by atoms with Gasteiger partial charge in [0.25, 0.3) is 11.8 Å². The van der Waals surface area contributed by atoms with Crippen LogP contribution in [0.25, 0.3) is 0 Å². The molecule has 11 heavy (non-hydrogen) atoms. The van der Waals surface area contributed by atoms with Crippen LogP contribution in [0.2, 0.25) is 0 Å². The summed E-state index contributed by atoms with van der Waals surface area (Å²) < 4.78 is 29.2. The maximum absolute atomic E-state index is 12.5. The molecule has 60 valence electrons.